The predicted molar refractivity (Wildman–Crippen MR) is 91.5 cm³/mol. The van der Waals surface area contributed by atoms with Crippen LogP contribution in [0.5, 0.6) is 0 Å². The summed E-state index contributed by atoms with van der Waals surface area (Å²) in [5.74, 6) is 0. The Kier molecular flexibility index (Phi) is 3.54. The third kappa shape index (κ3) is 2.42. The third-order valence-corrected chi connectivity index (χ3v) is 4.15. The molecule has 0 saturated heterocycles. The molecule has 0 unspecified atom stereocenters. The second kappa shape index (κ2) is 5.39. The highest BCUT2D eigenvalue weighted by atomic mass is 15.1. The van der Waals surface area contributed by atoms with Crippen molar-refractivity contribution < 1.29 is 0 Å². The molecule has 0 amide bonds. The quantitative estimate of drug-likeness (QED) is 0.773. The molecule has 0 aliphatic rings. The minimum Gasteiger partial charge on any atom is -0.330 e. The van der Waals surface area contributed by atoms with Crippen molar-refractivity contribution >= 4 is 17.1 Å². The van der Waals surface area contributed by atoms with Gasteiger partial charge in [-0.1, -0.05) is 38.6 Å². The number of aromatic nitrogens is 3. The van der Waals surface area contributed by atoms with E-state index in [9.17, 15) is 0 Å². The number of nitrogens with zero attached hydrogens (tertiary/aromatic N) is 2. The van der Waals surface area contributed by atoms with Gasteiger partial charge in [0.1, 0.15) is 0 Å². The lowest BCUT2D eigenvalue weighted by Crippen LogP contribution is -2.28. The molecule has 0 atom stereocenters. The lowest BCUT2D eigenvalue weighted by Gasteiger charge is -2.24. The van der Waals surface area contributed by atoms with Crippen molar-refractivity contribution in [2.45, 2.75) is 19.3 Å². The Morgan fingerprint density at radius 2 is 2.14 bits per heavy atom. The van der Waals surface area contributed by atoms with Crippen LogP contribution in [-0.4, -0.2) is 21.7 Å². The highest BCUT2D eigenvalue weighted by molar-refractivity contribution is 5.92. The Balaban J connectivity index is 2.24. The zero-order valence-corrected chi connectivity index (χ0v) is 12.9. The number of hydrogen-bond acceptors (Lipinski definition) is 3. The van der Waals surface area contributed by atoms with Gasteiger partial charge in [0.15, 0.2) is 5.65 Å². The maximum atomic E-state index is 5.94. The van der Waals surface area contributed by atoms with Gasteiger partial charge >= 0.3 is 0 Å². The van der Waals surface area contributed by atoms with Crippen molar-refractivity contribution in [3.8, 4) is 11.1 Å². The average Bonchev–Trinajstić information content (AvgIpc) is 3.02. The second-order valence-electron chi connectivity index (χ2n) is 6.13. The number of rotatable bonds is 4. The molecule has 22 heavy (non-hydrogen) atoms. The SMILES string of the molecule is C=Cc1cc(-c2ccnc3[nH]ncc23)cc(C(C)(C)CN)c1. The van der Waals surface area contributed by atoms with Crippen molar-refractivity contribution in [3.63, 3.8) is 0 Å². The number of nitrogens with one attached hydrogen (secondary N) is 1. The number of benzene rings is 1. The van der Waals surface area contributed by atoms with Crippen LogP contribution in [0.3, 0.4) is 0 Å². The molecule has 0 saturated carbocycles. The molecule has 1 aromatic carbocycles. The molecule has 0 aliphatic heterocycles. The maximum absolute atomic E-state index is 5.94. The first-order valence-electron chi connectivity index (χ1n) is 7.32. The summed E-state index contributed by atoms with van der Waals surface area (Å²) in [4.78, 5) is 4.30. The van der Waals surface area contributed by atoms with Crippen molar-refractivity contribution in [3.05, 3.63) is 54.4 Å². The molecule has 112 valence electrons. The molecular weight excluding hydrogens is 272 g/mol. The smallest absolute Gasteiger partial charge is 0.155 e. The van der Waals surface area contributed by atoms with E-state index in [-0.39, 0.29) is 5.41 Å². The molecule has 3 N–H and O–H groups in total. The summed E-state index contributed by atoms with van der Waals surface area (Å²) in [6, 6.07) is 8.49. The highest BCUT2D eigenvalue weighted by Gasteiger charge is 2.20. The number of nitrogens with two attached hydrogens (primary N) is 1. The van der Waals surface area contributed by atoms with Crippen LogP contribution in [0, 0.1) is 0 Å². The van der Waals surface area contributed by atoms with Crippen LogP contribution < -0.4 is 5.73 Å². The number of aromatic amines is 1. The fraction of sp³-hybridized carbons (Fsp3) is 0.222. The zero-order chi connectivity index (χ0) is 15.7. The summed E-state index contributed by atoms with van der Waals surface area (Å²) in [6.07, 6.45) is 5.48. The summed E-state index contributed by atoms with van der Waals surface area (Å²) in [5, 5.41) is 8.02. The van der Waals surface area contributed by atoms with Crippen LogP contribution in [0.25, 0.3) is 28.2 Å². The van der Waals surface area contributed by atoms with E-state index >= 15 is 0 Å². The molecule has 0 aliphatic carbocycles. The van der Waals surface area contributed by atoms with Gasteiger partial charge < -0.3 is 5.73 Å². The zero-order valence-electron chi connectivity index (χ0n) is 12.9. The van der Waals surface area contributed by atoms with E-state index in [0.717, 1.165) is 27.7 Å². The first kappa shape index (κ1) is 14.5. The number of hydrogen-bond donors (Lipinski definition) is 2. The summed E-state index contributed by atoms with van der Waals surface area (Å²) < 4.78 is 0. The first-order chi connectivity index (χ1) is 10.5. The molecule has 3 aromatic rings. The highest BCUT2D eigenvalue weighted by Crippen LogP contribution is 2.32. The van der Waals surface area contributed by atoms with Crippen molar-refractivity contribution in [2.24, 2.45) is 5.73 Å². The molecule has 3 rings (SSSR count). The van der Waals surface area contributed by atoms with Gasteiger partial charge in [0.05, 0.1) is 6.20 Å². The lowest BCUT2D eigenvalue weighted by molar-refractivity contribution is 0.539. The third-order valence-electron chi connectivity index (χ3n) is 4.15. The number of fused-ring (bicyclic) bond motifs is 1. The second-order valence-corrected chi connectivity index (χ2v) is 6.13. The molecule has 2 heterocycles. The minimum absolute atomic E-state index is 0.0870. The minimum atomic E-state index is -0.0870. The number of pyridine rings is 1. The largest absolute Gasteiger partial charge is 0.330 e. The van der Waals surface area contributed by atoms with Gasteiger partial charge in [-0.3, -0.25) is 5.10 Å². The Hall–Kier alpha value is -2.46. The van der Waals surface area contributed by atoms with Gasteiger partial charge in [-0.2, -0.15) is 5.10 Å². The summed E-state index contributed by atoms with van der Waals surface area (Å²) >= 11 is 0. The van der Waals surface area contributed by atoms with Gasteiger partial charge in [0.25, 0.3) is 0 Å². The van der Waals surface area contributed by atoms with E-state index in [1.54, 1.807) is 6.20 Å². The van der Waals surface area contributed by atoms with Crippen LogP contribution in [0.1, 0.15) is 25.0 Å². The van der Waals surface area contributed by atoms with Gasteiger partial charge in [0, 0.05) is 23.5 Å². The van der Waals surface area contributed by atoms with E-state index in [1.807, 2.05) is 18.3 Å². The van der Waals surface area contributed by atoms with Gasteiger partial charge in [-0.15, -0.1) is 0 Å². The number of H-pyrrole nitrogens is 1. The summed E-state index contributed by atoms with van der Waals surface area (Å²) in [7, 11) is 0. The molecular formula is C18H20N4. The Bertz CT molecular complexity index is 830. The topological polar surface area (TPSA) is 67.6 Å². The Morgan fingerprint density at radius 3 is 2.86 bits per heavy atom. The molecule has 0 radical (unpaired) electrons. The molecule has 0 spiro atoms. The normalized spacial score (nSPS) is 11.8. The van der Waals surface area contributed by atoms with Gasteiger partial charge in [0.2, 0.25) is 0 Å². The molecule has 4 heteroatoms. The predicted octanol–water partition coefficient (Wildman–Crippen LogP) is 3.50. The van der Waals surface area contributed by atoms with Crippen LogP contribution >= 0.6 is 0 Å². The first-order valence-corrected chi connectivity index (χ1v) is 7.32. The van der Waals surface area contributed by atoms with E-state index < -0.39 is 0 Å². The van der Waals surface area contributed by atoms with Crippen LogP contribution in [0.2, 0.25) is 0 Å². The Labute approximate surface area is 130 Å². The molecule has 0 fully saturated rings. The standard InChI is InChI=1S/C18H20N4/c1-4-12-7-13(9-14(8-12)18(2,3)11-19)15-5-6-20-17-16(15)10-21-22-17/h4-10H,1,11,19H2,2-3H3,(H,20,21,22). The molecule has 0 bridgehead atoms. The fourth-order valence-electron chi connectivity index (χ4n) is 2.54. The van der Waals surface area contributed by atoms with E-state index in [2.05, 4.69) is 53.8 Å². The monoisotopic (exact) mass is 292 g/mol. The van der Waals surface area contributed by atoms with E-state index in [4.69, 9.17) is 5.73 Å². The van der Waals surface area contributed by atoms with Crippen LogP contribution in [0.4, 0.5) is 0 Å². The molecule has 2 aromatic heterocycles. The van der Waals surface area contributed by atoms with Crippen LogP contribution in [0.15, 0.2) is 43.2 Å². The van der Waals surface area contributed by atoms with Crippen LogP contribution in [-0.2, 0) is 5.41 Å². The van der Waals surface area contributed by atoms with Crippen molar-refractivity contribution in [2.75, 3.05) is 6.54 Å². The summed E-state index contributed by atoms with van der Waals surface area (Å²) in [5.41, 5.74) is 11.2. The van der Waals surface area contributed by atoms with Crippen molar-refractivity contribution in [1.82, 2.24) is 15.2 Å². The van der Waals surface area contributed by atoms with E-state index in [0.29, 0.717) is 6.54 Å². The fourth-order valence-corrected chi connectivity index (χ4v) is 2.54. The van der Waals surface area contributed by atoms with Gasteiger partial charge in [-0.25, -0.2) is 4.98 Å². The average molecular weight is 292 g/mol. The maximum Gasteiger partial charge on any atom is 0.155 e. The Morgan fingerprint density at radius 1 is 1.32 bits per heavy atom. The van der Waals surface area contributed by atoms with E-state index in [1.165, 1.54) is 5.56 Å². The lowest BCUT2D eigenvalue weighted by atomic mass is 9.82. The van der Waals surface area contributed by atoms with Gasteiger partial charge in [-0.05, 0) is 34.4 Å². The van der Waals surface area contributed by atoms with Crippen molar-refractivity contribution in [1.29, 1.82) is 0 Å². The summed E-state index contributed by atoms with van der Waals surface area (Å²) in [6.45, 7) is 8.80. The molecule has 4 nitrogen and oxygen atoms in total.